The highest BCUT2D eigenvalue weighted by atomic mass is 35.5. The number of halogens is 4. The van der Waals surface area contributed by atoms with Crippen molar-refractivity contribution in [2.24, 2.45) is 5.73 Å². The van der Waals surface area contributed by atoms with Crippen molar-refractivity contribution in [3.63, 3.8) is 0 Å². The molecule has 0 aliphatic carbocycles. The maximum Gasteiger partial charge on any atom is 0.417 e. The lowest BCUT2D eigenvalue weighted by molar-refractivity contribution is -0.0888. The van der Waals surface area contributed by atoms with Crippen LogP contribution in [0.15, 0.2) is 22.9 Å². The molecule has 1 atom stereocenters. The van der Waals surface area contributed by atoms with Gasteiger partial charge in [0, 0.05) is 17.8 Å². The van der Waals surface area contributed by atoms with Gasteiger partial charge in [-0.15, -0.1) is 0 Å². The molecule has 1 heterocycles. The van der Waals surface area contributed by atoms with Gasteiger partial charge in [-0.1, -0.05) is 11.6 Å². The van der Waals surface area contributed by atoms with Crippen LogP contribution in [-0.2, 0) is 0 Å². The van der Waals surface area contributed by atoms with Gasteiger partial charge < -0.3 is 11.1 Å². The molecule has 0 aromatic heterocycles. The van der Waals surface area contributed by atoms with E-state index in [4.69, 9.17) is 17.3 Å². The van der Waals surface area contributed by atoms with Gasteiger partial charge in [-0.2, -0.15) is 13.2 Å². The monoisotopic (exact) mass is 212 g/mol. The molecule has 0 amide bonds. The van der Waals surface area contributed by atoms with Crippen LogP contribution in [0.2, 0.25) is 0 Å². The van der Waals surface area contributed by atoms with Crippen molar-refractivity contribution in [3.8, 4) is 0 Å². The Morgan fingerprint density at radius 1 is 1.54 bits per heavy atom. The summed E-state index contributed by atoms with van der Waals surface area (Å²) in [5, 5.41) is 2.55. The number of alkyl halides is 3. The van der Waals surface area contributed by atoms with Gasteiger partial charge in [-0.25, -0.2) is 0 Å². The summed E-state index contributed by atoms with van der Waals surface area (Å²) in [5.41, 5.74) is 4.46. The van der Waals surface area contributed by atoms with Gasteiger partial charge >= 0.3 is 6.18 Å². The molecule has 0 fully saturated rings. The molecule has 0 radical (unpaired) electrons. The van der Waals surface area contributed by atoms with Crippen molar-refractivity contribution in [1.29, 1.82) is 0 Å². The zero-order valence-electron chi connectivity index (χ0n) is 6.53. The maximum absolute atomic E-state index is 12.1. The second-order valence-corrected chi connectivity index (χ2v) is 3.02. The van der Waals surface area contributed by atoms with Gasteiger partial charge in [0.05, 0.1) is 11.6 Å². The van der Waals surface area contributed by atoms with Gasteiger partial charge in [-0.3, -0.25) is 0 Å². The predicted octanol–water partition coefficient (Wildman–Crippen LogP) is 1.49. The lowest BCUT2D eigenvalue weighted by Gasteiger charge is -2.21. The zero-order valence-corrected chi connectivity index (χ0v) is 7.28. The molecule has 0 aromatic carbocycles. The Kier molecular flexibility index (Phi) is 2.87. The van der Waals surface area contributed by atoms with E-state index < -0.39 is 17.8 Å². The molecule has 1 aliphatic heterocycles. The quantitative estimate of drug-likeness (QED) is 0.691. The molecule has 0 bridgehead atoms. The fraction of sp³-hybridized carbons (Fsp3) is 0.429. The number of hydrogen-bond donors (Lipinski definition) is 2. The van der Waals surface area contributed by atoms with Gasteiger partial charge in [-0.05, 0) is 6.08 Å². The molecule has 0 aromatic rings. The molecule has 13 heavy (non-hydrogen) atoms. The third kappa shape index (κ3) is 2.38. The van der Waals surface area contributed by atoms with E-state index >= 15 is 0 Å². The fourth-order valence-electron chi connectivity index (χ4n) is 0.905. The van der Waals surface area contributed by atoms with Crippen molar-refractivity contribution < 1.29 is 13.2 Å². The number of allylic oxidation sites excluding steroid dienone is 2. The largest absolute Gasteiger partial charge is 0.417 e. The van der Waals surface area contributed by atoms with Crippen LogP contribution < -0.4 is 11.1 Å². The molecule has 74 valence electrons. The van der Waals surface area contributed by atoms with E-state index in [2.05, 4.69) is 5.32 Å². The normalized spacial score (nSPS) is 23.3. The first kappa shape index (κ1) is 10.4. The predicted molar refractivity (Wildman–Crippen MR) is 44.1 cm³/mol. The highest BCUT2D eigenvalue weighted by Crippen LogP contribution is 2.30. The third-order valence-electron chi connectivity index (χ3n) is 1.63. The number of nitrogens with one attached hydrogen (secondary N) is 1. The van der Waals surface area contributed by atoms with Crippen LogP contribution in [0.4, 0.5) is 13.2 Å². The summed E-state index contributed by atoms with van der Waals surface area (Å²) in [6.45, 7) is 0.164. The van der Waals surface area contributed by atoms with Gasteiger partial charge in [0.1, 0.15) is 0 Å². The van der Waals surface area contributed by atoms with E-state index in [1.54, 1.807) is 0 Å². The smallest absolute Gasteiger partial charge is 0.381 e. The first-order valence-electron chi connectivity index (χ1n) is 3.55. The summed E-state index contributed by atoms with van der Waals surface area (Å²) in [4.78, 5) is 0. The number of rotatable bonds is 1. The Morgan fingerprint density at radius 3 is 2.54 bits per heavy atom. The average molecular weight is 213 g/mol. The summed E-state index contributed by atoms with van der Waals surface area (Å²) in [5.74, 6) is 0. The second kappa shape index (κ2) is 3.59. The number of dihydropyridines is 1. The molecule has 3 N–H and O–H groups in total. The van der Waals surface area contributed by atoms with Crippen molar-refractivity contribution >= 4 is 11.6 Å². The minimum absolute atomic E-state index is 0.0809. The van der Waals surface area contributed by atoms with Crippen molar-refractivity contribution in [2.75, 3.05) is 6.54 Å². The molecule has 1 aliphatic rings. The number of hydrogen-bond acceptors (Lipinski definition) is 2. The highest BCUT2D eigenvalue weighted by molar-refractivity contribution is 6.30. The van der Waals surface area contributed by atoms with Crippen LogP contribution in [0.25, 0.3) is 0 Å². The van der Waals surface area contributed by atoms with E-state index in [1.165, 1.54) is 0 Å². The van der Waals surface area contributed by atoms with Gasteiger partial charge in [0.25, 0.3) is 0 Å². The minimum atomic E-state index is -4.37. The molecular weight excluding hydrogens is 205 g/mol. The number of nitrogens with two attached hydrogens (primary N) is 1. The fourth-order valence-corrected chi connectivity index (χ4v) is 1.17. The third-order valence-corrected chi connectivity index (χ3v) is 2.00. The van der Waals surface area contributed by atoms with Crippen molar-refractivity contribution in [3.05, 3.63) is 22.9 Å². The first-order valence-corrected chi connectivity index (χ1v) is 3.93. The van der Waals surface area contributed by atoms with Crippen LogP contribution in [0.5, 0.6) is 0 Å². The summed E-state index contributed by atoms with van der Waals surface area (Å²) in [6, 6.07) is -0.409. The van der Waals surface area contributed by atoms with Crippen LogP contribution in [-0.4, -0.2) is 18.8 Å². The summed E-state index contributed by atoms with van der Waals surface area (Å²) in [6.07, 6.45) is -2.61. The zero-order chi connectivity index (χ0) is 10.1. The van der Waals surface area contributed by atoms with Crippen molar-refractivity contribution in [2.45, 2.75) is 12.2 Å². The molecule has 0 saturated heterocycles. The molecule has 6 heteroatoms. The van der Waals surface area contributed by atoms with Gasteiger partial charge in [0.2, 0.25) is 0 Å². The summed E-state index contributed by atoms with van der Waals surface area (Å²) in [7, 11) is 0. The van der Waals surface area contributed by atoms with Crippen LogP contribution in [0.1, 0.15) is 0 Å². The Labute approximate surface area is 78.2 Å². The van der Waals surface area contributed by atoms with Crippen molar-refractivity contribution in [1.82, 2.24) is 5.32 Å². The van der Waals surface area contributed by atoms with Crippen LogP contribution in [0.3, 0.4) is 0 Å². The Morgan fingerprint density at radius 2 is 2.15 bits per heavy atom. The average Bonchev–Trinajstić information content (AvgIpc) is 2.02. The van der Waals surface area contributed by atoms with E-state index in [1.807, 2.05) is 0 Å². The SMILES string of the molecule is NCC1NC=C(C(F)(F)F)C=C1Cl. The van der Waals surface area contributed by atoms with E-state index in [9.17, 15) is 13.2 Å². The highest BCUT2D eigenvalue weighted by Gasteiger charge is 2.34. The Hall–Kier alpha value is -0.680. The lowest BCUT2D eigenvalue weighted by Crippen LogP contribution is -2.36. The van der Waals surface area contributed by atoms with Crippen LogP contribution in [0, 0.1) is 0 Å². The molecular formula is C7H8ClF3N2. The van der Waals surface area contributed by atoms with E-state index in [0.717, 1.165) is 12.3 Å². The standard InChI is InChI=1S/C7H8ClF3N2/c8-5-1-4(7(9,10)11)3-13-6(5)2-12/h1,3,6,13H,2,12H2. The topological polar surface area (TPSA) is 38.0 Å². The summed E-state index contributed by atoms with van der Waals surface area (Å²) >= 11 is 5.56. The minimum Gasteiger partial charge on any atom is -0.381 e. The van der Waals surface area contributed by atoms with Crippen LogP contribution >= 0.6 is 11.6 Å². The molecule has 1 rings (SSSR count). The van der Waals surface area contributed by atoms with Gasteiger partial charge in [0.15, 0.2) is 0 Å². The Balaban J connectivity index is 2.81. The second-order valence-electron chi connectivity index (χ2n) is 2.58. The van der Waals surface area contributed by atoms with E-state index in [-0.39, 0.29) is 11.6 Å². The molecule has 2 nitrogen and oxygen atoms in total. The molecule has 0 saturated carbocycles. The Bertz CT molecular complexity index is 257. The molecule has 1 unspecified atom stereocenters. The first-order chi connectivity index (χ1) is 5.95. The molecule has 0 spiro atoms. The summed E-state index contributed by atoms with van der Waals surface area (Å²) < 4.78 is 36.3. The lowest BCUT2D eigenvalue weighted by atomic mass is 10.1. The van der Waals surface area contributed by atoms with E-state index in [0.29, 0.717) is 0 Å². The maximum atomic E-state index is 12.1.